The summed E-state index contributed by atoms with van der Waals surface area (Å²) in [5.41, 5.74) is 13.4. The van der Waals surface area contributed by atoms with Crippen LogP contribution in [0.25, 0.3) is 83.3 Å². The van der Waals surface area contributed by atoms with E-state index in [4.69, 9.17) is 9.40 Å². The van der Waals surface area contributed by atoms with Crippen LogP contribution in [-0.4, -0.2) is 32.8 Å². The Morgan fingerprint density at radius 3 is 1.98 bits per heavy atom. The summed E-state index contributed by atoms with van der Waals surface area (Å²) in [6.45, 7) is 15.9. The number of fused-ring (bicyclic) bond motifs is 5. The van der Waals surface area contributed by atoms with Gasteiger partial charge in [0.2, 0.25) is 0 Å². The maximum absolute atomic E-state index is 6.05. The molecule has 0 unspecified atom stereocenters. The van der Waals surface area contributed by atoms with Gasteiger partial charge in [-0.1, -0.05) is 114 Å². The molecular weight excluding hydrogens is 1020 g/mol. The van der Waals surface area contributed by atoms with E-state index in [2.05, 4.69) is 207 Å². The van der Waals surface area contributed by atoms with Crippen molar-refractivity contribution in [3.05, 3.63) is 175 Å². The Kier molecular flexibility index (Phi) is 12.2. The molecule has 10 aromatic rings. The summed E-state index contributed by atoms with van der Waals surface area (Å²) in [4.78, 5) is 14.4. The van der Waals surface area contributed by atoms with Crippen LogP contribution in [0.3, 0.4) is 0 Å². The number of para-hydroxylation sites is 2. The predicted octanol–water partition coefficient (Wildman–Crippen LogP) is 14.6. The minimum absolute atomic E-state index is 0. The number of benzene rings is 6. The first-order valence-electron chi connectivity index (χ1n) is 21.9. The Hall–Kier alpha value is -5.66. The van der Waals surface area contributed by atoms with Crippen LogP contribution in [0.5, 0.6) is 0 Å². The van der Waals surface area contributed by atoms with Crippen molar-refractivity contribution in [3.63, 3.8) is 0 Å². The van der Waals surface area contributed by atoms with Crippen molar-refractivity contribution in [1.82, 2.24) is 19.5 Å². The van der Waals surface area contributed by atoms with Crippen molar-refractivity contribution >= 4 is 61.5 Å². The smallest absolute Gasteiger partial charge is 0 e. The molecule has 0 saturated heterocycles. The van der Waals surface area contributed by atoms with Crippen molar-refractivity contribution in [2.75, 3.05) is 0 Å². The van der Waals surface area contributed by atoms with Crippen molar-refractivity contribution < 1.29 is 24.5 Å². The summed E-state index contributed by atoms with van der Waals surface area (Å²) >= 11 is -1.85. The average molecular weight is 1080 g/mol. The number of aromatic nitrogens is 4. The van der Waals surface area contributed by atoms with Crippen LogP contribution in [0, 0.1) is 19.1 Å². The quantitative estimate of drug-likeness (QED) is 0.127. The molecule has 1 radical (unpaired) electrons. The van der Waals surface area contributed by atoms with Crippen LogP contribution in [0.2, 0.25) is 17.3 Å². The van der Waals surface area contributed by atoms with E-state index < -0.39 is 13.3 Å². The fourth-order valence-electron chi connectivity index (χ4n) is 8.39. The van der Waals surface area contributed by atoms with Gasteiger partial charge in [-0.15, -0.1) is 29.1 Å². The summed E-state index contributed by atoms with van der Waals surface area (Å²) in [7, 11) is 0. The number of aryl methyl sites for hydroxylation is 1. The van der Waals surface area contributed by atoms with E-state index >= 15 is 0 Å². The standard InChI is InChI=1S/C37H35N2.C20H19GeN2O.Ir/c1-36(2,3)30-23-29(25-14-8-7-9-15-25)24-31(37(4,5)6)34(30)39-33-19-13-12-18-32(33)38-35(39)28-21-20-26-16-10-11-17-27(26)22-28;1-13-8-10-16-15-6-5-7-17(19(15)24-20(16)23-13)18-11-9-14(12-22-18)21(2,3)4;/h7-20,22-24H,1-6H3;5-6,8-12H,1-4H3;/q2*-1;. The Morgan fingerprint density at radius 2 is 1.31 bits per heavy atom. The summed E-state index contributed by atoms with van der Waals surface area (Å²) in [5, 5.41) is 4.47. The fraction of sp³-hybridized carbons (Fsp3) is 0.211. The zero-order valence-electron chi connectivity index (χ0n) is 38.4. The van der Waals surface area contributed by atoms with Gasteiger partial charge in [0.15, 0.2) is 0 Å². The maximum atomic E-state index is 6.05. The number of imidazole rings is 1. The van der Waals surface area contributed by atoms with Gasteiger partial charge in [0, 0.05) is 25.8 Å². The number of hydrogen-bond acceptors (Lipinski definition) is 4. The van der Waals surface area contributed by atoms with Crippen molar-refractivity contribution in [2.24, 2.45) is 0 Å². The Morgan fingerprint density at radius 1 is 0.641 bits per heavy atom. The minimum Gasteiger partial charge on any atom is 0 e. The van der Waals surface area contributed by atoms with E-state index in [0.717, 1.165) is 55.7 Å². The predicted molar refractivity (Wildman–Crippen MR) is 267 cm³/mol. The molecule has 0 N–H and O–H groups in total. The van der Waals surface area contributed by atoms with Crippen LogP contribution < -0.4 is 4.40 Å². The van der Waals surface area contributed by atoms with Crippen LogP contribution in [0.1, 0.15) is 58.4 Å². The number of hydrogen-bond donors (Lipinski definition) is 0. The van der Waals surface area contributed by atoms with E-state index in [0.29, 0.717) is 5.71 Å². The second-order valence-electron chi connectivity index (χ2n) is 19.7. The molecule has 0 aliphatic carbocycles. The molecule has 5 nitrogen and oxygen atoms in total. The largest absolute Gasteiger partial charge is 0 e. The molecule has 0 atom stereocenters. The molecule has 0 aliphatic rings. The van der Waals surface area contributed by atoms with E-state index in [9.17, 15) is 0 Å². The van der Waals surface area contributed by atoms with Crippen molar-refractivity contribution in [1.29, 1.82) is 0 Å². The topological polar surface area (TPSA) is 56.7 Å². The van der Waals surface area contributed by atoms with Crippen LogP contribution in [-0.2, 0) is 30.9 Å². The average Bonchev–Trinajstić information content (AvgIpc) is 3.84. The Balaban J connectivity index is 0.000000192. The van der Waals surface area contributed by atoms with Gasteiger partial charge in [0.05, 0.1) is 16.9 Å². The maximum Gasteiger partial charge on any atom is 0 e. The first-order valence-corrected chi connectivity index (χ1v) is 29.2. The van der Waals surface area contributed by atoms with Crippen LogP contribution in [0.15, 0.2) is 150 Å². The zero-order valence-corrected chi connectivity index (χ0v) is 42.9. The monoisotopic (exact) mass is 1080 g/mol. The van der Waals surface area contributed by atoms with Gasteiger partial charge in [0.1, 0.15) is 0 Å². The second kappa shape index (κ2) is 17.4. The van der Waals surface area contributed by atoms with Crippen LogP contribution in [0.4, 0.5) is 0 Å². The first kappa shape index (κ1) is 44.9. The molecule has 323 valence electrons. The number of nitrogens with zero attached hydrogens (tertiary/aromatic N) is 4. The molecule has 0 fully saturated rings. The SMILES string of the molecule is CC(C)(C)c1cc(-c2ccccc2)cc(C(C)(C)C)c1-n1c(-c2[c-]cc3ccccc3c2)nc2ccccc21.Cc1ccc2c(n1)oc1c(-c3cc[c]([Ge]([CH3])([CH3])[CH3])cn3)[c-]ccc12.[Ir]. The number of furan rings is 1. The molecule has 10 rings (SSSR count). The normalized spacial score (nSPS) is 12.1. The van der Waals surface area contributed by atoms with E-state index in [1.54, 1.807) is 0 Å². The van der Waals surface area contributed by atoms with Crippen LogP contribution >= 0.6 is 0 Å². The molecular formula is C57H54GeIrN4O-2. The molecule has 7 heteroatoms. The molecule has 64 heavy (non-hydrogen) atoms. The van der Waals surface area contributed by atoms with Gasteiger partial charge in [-0.3, -0.25) is 4.98 Å². The molecule has 4 aromatic heterocycles. The Bertz CT molecular complexity index is 3260. The van der Waals surface area contributed by atoms with E-state index in [-0.39, 0.29) is 30.9 Å². The molecule has 4 heterocycles. The summed E-state index contributed by atoms with van der Waals surface area (Å²) in [6.07, 6.45) is 2.02. The van der Waals surface area contributed by atoms with E-state index in [1.165, 1.54) is 43.1 Å². The Labute approximate surface area is 393 Å². The fourth-order valence-corrected chi connectivity index (χ4v) is 10.6. The van der Waals surface area contributed by atoms with Gasteiger partial charge in [-0.25, -0.2) is 0 Å². The summed E-state index contributed by atoms with van der Waals surface area (Å²) < 4.78 is 9.84. The van der Waals surface area contributed by atoms with Gasteiger partial charge in [0.25, 0.3) is 0 Å². The second-order valence-corrected chi connectivity index (χ2v) is 30.4. The van der Waals surface area contributed by atoms with Gasteiger partial charge < -0.3 is 4.57 Å². The summed E-state index contributed by atoms with van der Waals surface area (Å²) in [5.74, 6) is 8.04. The zero-order chi connectivity index (χ0) is 44.3. The number of pyridine rings is 2. The first-order chi connectivity index (χ1) is 30.0. The third-order valence-electron chi connectivity index (χ3n) is 11.9. The van der Waals surface area contributed by atoms with Gasteiger partial charge >= 0.3 is 144 Å². The molecule has 0 amide bonds. The van der Waals surface area contributed by atoms with E-state index in [1.807, 2.05) is 31.3 Å². The van der Waals surface area contributed by atoms with Crippen molar-refractivity contribution in [2.45, 2.75) is 76.6 Å². The molecule has 0 saturated carbocycles. The van der Waals surface area contributed by atoms with Crippen molar-refractivity contribution in [3.8, 4) is 39.5 Å². The molecule has 0 bridgehead atoms. The van der Waals surface area contributed by atoms with Gasteiger partial charge in [-0.05, 0) is 57.3 Å². The number of rotatable bonds is 5. The molecule has 0 spiro atoms. The summed E-state index contributed by atoms with van der Waals surface area (Å²) in [6, 6.07) is 56.0. The van der Waals surface area contributed by atoms with Gasteiger partial charge in [-0.2, -0.15) is 0 Å². The third-order valence-corrected chi connectivity index (χ3v) is 16.1. The third kappa shape index (κ3) is 8.76. The molecule has 0 aliphatic heterocycles. The molecule has 6 aromatic carbocycles. The minimum atomic E-state index is -1.85.